The first-order valence-corrected chi connectivity index (χ1v) is 12.3. The van der Waals surface area contributed by atoms with Crippen molar-refractivity contribution in [2.75, 3.05) is 11.4 Å². The second-order valence-electron chi connectivity index (χ2n) is 9.20. The molecule has 190 valence electrons. The molecular formula is C28H21ClN4O5. The van der Waals surface area contributed by atoms with Crippen LogP contribution in [0.4, 0.5) is 10.5 Å². The van der Waals surface area contributed by atoms with Crippen LogP contribution < -0.4 is 10.2 Å². The first-order valence-electron chi connectivity index (χ1n) is 12.0. The van der Waals surface area contributed by atoms with Gasteiger partial charge in [0.15, 0.2) is 0 Å². The highest BCUT2D eigenvalue weighted by molar-refractivity contribution is 6.30. The Hall–Kier alpha value is -4.63. The summed E-state index contributed by atoms with van der Waals surface area (Å²) in [6.45, 7) is -0.595. The van der Waals surface area contributed by atoms with E-state index in [0.29, 0.717) is 11.4 Å². The number of rotatable bonds is 5. The maximum Gasteiger partial charge on any atom is 0.332 e. The fraction of sp³-hybridized carbons (Fsp3) is 0.143. The van der Waals surface area contributed by atoms with Crippen molar-refractivity contribution in [3.63, 3.8) is 0 Å². The third-order valence-corrected chi connectivity index (χ3v) is 7.24. The number of aliphatic carboxylic acids is 1. The van der Waals surface area contributed by atoms with Gasteiger partial charge in [0.1, 0.15) is 18.6 Å². The summed E-state index contributed by atoms with van der Waals surface area (Å²) in [6.07, 6.45) is 0.296. The van der Waals surface area contributed by atoms with Crippen LogP contribution in [0.25, 0.3) is 10.9 Å². The molecule has 2 aliphatic heterocycles. The fourth-order valence-corrected chi connectivity index (χ4v) is 5.63. The maximum atomic E-state index is 14.0. The van der Waals surface area contributed by atoms with E-state index >= 15 is 0 Å². The number of hydrogen-bond acceptors (Lipinski definition) is 4. The van der Waals surface area contributed by atoms with E-state index < -0.39 is 42.4 Å². The number of fused-ring (bicyclic) bond motifs is 4. The van der Waals surface area contributed by atoms with Gasteiger partial charge in [0.05, 0.1) is 11.3 Å². The van der Waals surface area contributed by atoms with Gasteiger partial charge in [-0.25, -0.2) is 9.69 Å². The summed E-state index contributed by atoms with van der Waals surface area (Å²) in [4.78, 5) is 57.7. The highest BCUT2D eigenvalue weighted by Crippen LogP contribution is 2.45. The van der Waals surface area contributed by atoms with Crippen LogP contribution >= 0.6 is 11.6 Å². The number of nitrogens with zero attached hydrogens (tertiary/aromatic N) is 2. The lowest BCUT2D eigenvalue weighted by atomic mass is 9.89. The van der Waals surface area contributed by atoms with E-state index in [0.717, 1.165) is 32.6 Å². The van der Waals surface area contributed by atoms with Crippen molar-refractivity contribution in [2.45, 2.75) is 18.5 Å². The highest BCUT2D eigenvalue weighted by Gasteiger charge is 2.53. The van der Waals surface area contributed by atoms with Crippen LogP contribution in [0.5, 0.6) is 0 Å². The van der Waals surface area contributed by atoms with E-state index in [1.165, 1.54) is 17.0 Å². The standard InChI is InChI=1S/C28H21ClN4O5/c29-16-7-5-6-15(12-16)25-24-19(17-8-1-3-10-20(17)31-24)13-22-27(37)33(28(38)32(22)25)21-11-4-2-9-18(21)26(36)30-14-23(34)35/h1-12,22,25,31H,13-14H2,(H,30,36)(H,34,35). The van der Waals surface area contributed by atoms with Crippen molar-refractivity contribution in [3.8, 4) is 0 Å². The van der Waals surface area contributed by atoms with Crippen molar-refractivity contribution < 1.29 is 24.3 Å². The number of aromatic amines is 1. The third-order valence-electron chi connectivity index (χ3n) is 7.00. The lowest BCUT2D eigenvalue weighted by molar-refractivity contribution is -0.135. The van der Waals surface area contributed by atoms with E-state index in [2.05, 4.69) is 10.3 Å². The summed E-state index contributed by atoms with van der Waals surface area (Å²) in [6, 6.07) is 19.1. The van der Waals surface area contributed by atoms with E-state index in [9.17, 15) is 19.2 Å². The summed E-state index contributed by atoms with van der Waals surface area (Å²) >= 11 is 6.33. The predicted octanol–water partition coefficient (Wildman–Crippen LogP) is 4.12. The number of carbonyl (C=O) groups is 4. The Bertz CT molecular complexity index is 1650. The van der Waals surface area contributed by atoms with E-state index in [1.807, 2.05) is 30.3 Å². The Morgan fingerprint density at radius 3 is 2.58 bits per heavy atom. The number of H-pyrrole nitrogens is 1. The minimum atomic E-state index is -1.21. The topological polar surface area (TPSA) is 123 Å². The largest absolute Gasteiger partial charge is 0.480 e. The summed E-state index contributed by atoms with van der Waals surface area (Å²) in [5.74, 6) is -2.37. The Morgan fingerprint density at radius 1 is 1.03 bits per heavy atom. The van der Waals surface area contributed by atoms with E-state index in [-0.39, 0.29) is 11.3 Å². The fourth-order valence-electron chi connectivity index (χ4n) is 5.43. The number of nitrogens with one attached hydrogen (secondary N) is 2. The number of aromatic nitrogens is 1. The van der Waals surface area contributed by atoms with Crippen LogP contribution in [0.15, 0.2) is 72.8 Å². The normalized spacial score (nSPS) is 18.4. The number of para-hydroxylation sites is 2. The van der Waals surface area contributed by atoms with Crippen LogP contribution in [0.1, 0.15) is 33.2 Å². The summed E-state index contributed by atoms with van der Waals surface area (Å²) in [5.41, 5.74) is 3.52. The number of amides is 4. The maximum absolute atomic E-state index is 14.0. The van der Waals surface area contributed by atoms with Gasteiger partial charge in [0, 0.05) is 28.0 Å². The number of imide groups is 1. The molecule has 4 aromatic rings. The van der Waals surface area contributed by atoms with Crippen molar-refractivity contribution in [3.05, 3.63) is 100 Å². The van der Waals surface area contributed by atoms with Crippen molar-refractivity contribution in [1.82, 2.24) is 15.2 Å². The second kappa shape index (κ2) is 9.04. The molecule has 0 radical (unpaired) electrons. The van der Waals surface area contributed by atoms with Crippen LogP contribution in [0.2, 0.25) is 5.02 Å². The molecule has 4 amide bonds. The number of halogens is 1. The number of hydrogen-bond donors (Lipinski definition) is 3. The molecule has 0 saturated carbocycles. The number of urea groups is 1. The molecule has 1 aromatic heterocycles. The molecule has 2 unspecified atom stereocenters. The Kier molecular flexibility index (Phi) is 5.65. The molecule has 2 atom stereocenters. The van der Waals surface area contributed by atoms with Gasteiger partial charge < -0.3 is 15.4 Å². The molecule has 9 nitrogen and oxygen atoms in total. The van der Waals surface area contributed by atoms with Gasteiger partial charge in [-0.05, 0) is 41.5 Å². The average molecular weight is 529 g/mol. The minimum Gasteiger partial charge on any atom is -0.480 e. The van der Waals surface area contributed by atoms with E-state index in [1.54, 1.807) is 30.3 Å². The second-order valence-corrected chi connectivity index (χ2v) is 9.63. The van der Waals surface area contributed by atoms with Crippen LogP contribution in [-0.4, -0.2) is 51.4 Å². The van der Waals surface area contributed by atoms with E-state index in [4.69, 9.17) is 16.7 Å². The molecule has 38 heavy (non-hydrogen) atoms. The SMILES string of the molecule is O=C(O)CNC(=O)c1ccccc1N1C(=O)C2Cc3c([nH]c4ccccc34)C(c3cccc(Cl)c3)N2C1=O. The van der Waals surface area contributed by atoms with Crippen molar-refractivity contribution in [2.24, 2.45) is 0 Å². The zero-order valence-corrected chi connectivity index (χ0v) is 20.6. The number of carboxylic acid groups (broad SMARTS) is 1. The third kappa shape index (κ3) is 3.71. The first kappa shape index (κ1) is 23.7. The number of carbonyl (C=O) groups excluding carboxylic acids is 3. The minimum absolute atomic E-state index is 0.0265. The smallest absolute Gasteiger partial charge is 0.332 e. The van der Waals surface area contributed by atoms with Gasteiger partial charge >= 0.3 is 12.0 Å². The molecular weight excluding hydrogens is 508 g/mol. The van der Waals surface area contributed by atoms with Crippen molar-refractivity contribution in [1.29, 1.82) is 0 Å². The van der Waals surface area contributed by atoms with Gasteiger partial charge in [0.2, 0.25) is 0 Å². The summed E-state index contributed by atoms with van der Waals surface area (Å²) < 4.78 is 0. The monoisotopic (exact) mass is 528 g/mol. The molecule has 2 aliphatic rings. The Labute approximate surface area is 221 Å². The van der Waals surface area contributed by atoms with Crippen LogP contribution in [0.3, 0.4) is 0 Å². The number of benzene rings is 3. The van der Waals surface area contributed by atoms with Gasteiger partial charge in [-0.1, -0.05) is 54.1 Å². The molecule has 3 aromatic carbocycles. The number of carboxylic acids is 1. The molecule has 1 saturated heterocycles. The van der Waals surface area contributed by atoms with Gasteiger partial charge in [0.25, 0.3) is 11.8 Å². The zero-order valence-electron chi connectivity index (χ0n) is 19.8. The average Bonchev–Trinajstić information content (AvgIpc) is 3.40. The van der Waals surface area contributed by atoms with Crippen molar-refractivity contribution >= 4 is 52.0 Å². The zero-order chi connectivity index (χ0) is 26.6. The van der Waals surface area contributed by atoms with Gasteiger partial charge in [-0.2, -0.15) is 0 Å². The Balaban J connectivity index is 1.48. The lowest BCUT2D eigenvalue weighted by Gasteiger charge is -2.36. The molecule has 6 rings (SSSR count). The molecule has 3 N–H and O–H groups in total. The van der Waals surface area contributed by atoms with Gasteiger partial charge in [-0.3, -0.25) is 19.3 Å². The van der Waals surface area contributed by atoms with Crippen LogP contribution in [-0.2, 0) is 16.0 Å². The molecule has 0 bridgehead atoms. The molecule has 0 spiro atoms. The molecule has 3 heterocycles. The molecule has 0 aliphatic carbocycles. The predicted molar refractivity (Wildman–Crippen MR) is 140 cm³/mol. The first-order chi connectivity index (χ1) is 18.3. The Morgan fingerprint density at radius 2 is 1.79 bits per heavy atom. The summed E-state index contributed by atoms with van der Waals surface area (Å²) in [7, 11) is 0. The summed E-state index contributed by atoms with van der Waals surface area (Å²) in [5, 5.41) is 12.7. The van der Waals surface area contributed by atoms with Gasteiger partial charge in [-0.15, -0.1) is 0 Å². The van der Waals surface area contributed by atoms with Crippen LogP contribution in [0, 0.1) is 0 Å². The number of anilines is 1. The molecule has 1 fully saturated rings. The lowest BCUT2D eigenvalue weighted by Crippen LogP contribution is -2.44. The molecule has 10 heteroatoms. The quantitative estimate of drug-likeness (QED) is 0.336. The highest BCUT2D eigenvalue weighted by atomic mass is 35.5.